The van der Waals surface area contributed by atoms with E-state index >= 15 is 0 Å². The first-order valence-electron chi connectivity index (χ1n) is 11.7. The first-order chi connectivity index (χ1) is 17.4. The molecule has 202 valence electrons. The van der Waals surface area contributed by atoms with Crippen LogP contribution in [0.15, 0.2) is 30.5 Å². The molecular formula is C24H33N5O7S. The number of carbonyl (C=O) groups is 5. The van der Waals surface area contributed by atoms with Crippen molar-refractivity contribution >= 4 is 53.2 Å². The van der Waals surface area contributed by atoms with E-state index in [1.165, 1.54) is 0 Å². The third kappa shape index (κ3) is 8.50. The number of benzene rings is 1. The van der Waals surface area contributed by atoms with Crippen molar-refractivity contribution in [1.82, 2.24) is 20.9 Å². The summed E-state index contributed by atoms with van der Waals surface area (Å²) in [4.78, 5) is 63.9. The van der Waals surface area contributed by atoms with Crippen LogP contribution in [0.4, 0.5) is 0 Å². The minimum absolute atomic E-state index is 0.131. The van der Waals surface area contributed by atoms with E-state index in [2.05, 4.69) is 33.6 Å². The van der Waals surface area contributed by atoms with Crippen LogP contribution in [-0.2, 0) is 30.4 Å². The molecule has 0 aliphatic rings. The van der Waals surface area contributed by atoms with E-state index in [4.69, 9.17) is 10.8 Å². The third-order valence-corrected chi connectivity index (χ3v) is 6.14. The summed E-state index contributed by atoms with van der Waals surface area (Å²) < 4.78 is 0. The highest BCUT2D eigenvalue weighted by molar-refractivity contribution is 7.80. The molecule has 1 aromatic carbocycles. The SMILES string of the molecule is CC(C)C(NC(=O)C(CCC(=O)O)NC(=O)C(CS)NC(=O)C(N)Cc1c[nH]c2ccccc12)C(=O)O. The van der Waals surface area contributed by atoms with Gasteiger partial charge in [0.05, 0.1) is 6.04 Å². The average Bonchev–Trinajstić information content (AvgIpc) is 3.25. The lowest BCUT2D eigenvalue weighted by Crippen LogP contribution is -2.58. The number of carboxylic acid groups (broad SMARTS) is 2. The van der Waals surface area contributed by atoms with E-state index in [0.29, 0.717) is 0 Å². The Balaban J connectivity index is 2.06. The number of para-hydroxylation sites is 1. The van der Waals surface area contributed by atoms with E-state index in [1.807, 2.05) is 24.3 Å². The maximum atomic E-state index is 12.9. The first-order valence-corrected chi connectivity index (χ1v) is 12.3. The van der Waals surface area contributed by atoms with Crippen LogP contribution in [0.2, 0.25) is 0 Å². The molecule has 8 N–H and O–H groups in total. The van der Waals surface area contributed by atoms with Gasteiger partial charge in [-0.15, -0.1) is 0 Å². The number of aromatic nitrogens is 1. The van der Waals surface area contributed by atoms with Crippen LogP contribution < -0.4 is 21.7 Å². The molecule has 0 radical (unpaired) electrons. The van der Waals surface area contributed by atoms with Gasteiger partial charge in [0, 0.05) is 29.3 Å². The summed E-state index contributed by atoms with van der Waals surface area (Å²) in [6.45, 7) is 3.19. The molecule has 37 heavy (non-hydrogen) atoms. The van der Waals surface area contributed by atoms with Crippen molar-refractivity contribution in [2.45, 2.75) is 57.3 Å². The molecule has 12 nitrogen and oxygen atoms in total. The summed E-state index contributed by atoms with van der Waals surface area (Å²) >= 11 is 4.11. The lowest BCUT2D eigenvalue weighted by molar-refractivity contribution is -0.144. The van der Waals surface area contributed by atoms with Gasteiger partial charge in [0.15, 0.2) is 0 Å². The van der Waals surface area contributed by atoms with Crippen molar-refractivity contribution in [3.63, 3.8) is 0 Å². The zero-order chi connectivity index (χ0) is 27.7. The zero-order valence-corrected chi connectivity index (χ0v) is 21.5. The number of thiol groups is 1. The van der Waals surface area contributed by atoms with Gasteiger partial charge >= 0.3 is 11.9 Å². The average molecular weight is 536 g/mol. The second-order valence-electron chi connectivity index (χ2n) is 8.98. The predicted octanol–water partition coefficient (Wildman–Crippen LogP) is 0.0273. The monoisotopic (exact) mass is 535 g/mol. The van der Waals surface area contributed by atoms with Crippen molar-refractivity contribution in [2.24, 2.45) is 11.7 Å². The molecule has 13 heteroatoms. The summed E-state index contributed by atoms with van der Waals surface area (Å²) in [5, 5.41) is 26.5. The van der Waals surface area contributed by atoms with Crippen molar-refractivity contribution in [1.29, 1.82) is 0 Å². The molecule has 0 aliphatic carbocycles. The number of fused-ring (bicyclic) bond motifs is 1. The van der Waals surface area contributed by atoms with E-state index in [-0.39, 0.29) is 18.6 Å². The Kier molecular flexibility index (Phi) is 10.9. The van der Waals surface area contributed by atoms with Gasteiger partial charge in [0.25, 0.3) is 0 Å². The minimum Gasteiger partial charge on any atom is -0.481 e. The number of aromatic amines is 1. The van der Waals surface area contributed by atoms with Crippen LogP contribution in [0.1, 0.15) is 32.3 Å². The largest absolute Gasteiger partial charge is 0.481 e. The van der Waals surface area contributed by atoms with E-state index in [0.717, 1.165) is 16.5 Å². The molecule has 2 aromatic rings. The number of amides is 3. The second-order valence-corrected chi connectivity index (χ2v) is 9.34. The molecule has 0 saturated heterocycles. The van der Waals surface area contributed by atoms with Gasteiger partial charge in [0.1, 0.15) is 18.1 Å². The van der Waals surface area contributed by atoms with Gasteiger partial charge in [-0.3, -0.25) is 19.2 Å². The second kappa shape index (κ2) is 13.7. The molecule has 0 saturated carbocycles. The fraction of sp³-hybridized carbons (Fsp3) is 0.458. The maximum absolute atomic E-state index is 12.9. The summed E-state index contributed by atoms with van der Waals surface area (Å²) in [6.07, 6.45) is 1.22. The van der Waals surface area contributed by atoms with E-state index in [1.54, 1.807) is 20.0 Å². The van der Waals surface area contributed by atoms with Crippen LogP contribution >= 0.6 is 12.6 Å². The quantitative estimate of drug-likeness (QED) is 0.155. The first kappa shape index (κ1) is 29.6. The third-order valence-electron chi connectivity index (χ3n) is 5.78. The molecular weight excluding hydrogens is 502 g/mol. The predicted molar refractivity (Wildman–Crippen MR) is 139 cm³/mol. The molecule has 4 unspecified atom stereocenters. The number of aliphatic carboxylic acids is 2. The molecule has 0 aliphatic heterocycles. The Bertz CT molecular complexity index is 1140. The Morgan fingerprint density at radius 2 is 1.59 bits per heavy atom. The molecule has 1 aromatic heterocycles. The highest BCUT2D eigenvalue weighted by Crippen LogP contribution is 2.18. The Morgan fingerprint density at radius 3 is 2.19 bits per heavy atom. The van der Waals surface area contributed by atoms with Gasteiger partial charge in [-0.25, -0.2) is 4.79 Å². The molecule has 0 bridgehead atoms. The van der Waals surface area contributed by atoms with Crippen molar-refractivity contribution in [2.75, 3.05) is 5.75 Å². The van der Waals surface area contributed by atoms with Crippen molar-refractivity contribution in [3.05, 3.63) is 36.0 Å². The summed E-state index contributed by atoms with van der Waals surface area (Å²) in [6, 6.07) is 2.79. The number of nitrogens with one attached hydrogen (secondary N) is 4. The van der Waals surface area contributed by atoms with Crippen LogP contribution in [0, 0.1) is 5.92 Å². The molecule has 4 atom stereocenters. The normalized spacial score (nSPS) is 14.4. The molecule has 0 spiro atoms. The molecule has 2 rings (SSSR count). The van der Waals surface area contributed by atoms with Gasteiger partial charge in [-0.05, 0) is 30.4 Å². The van der Waals surface area contributed by atoms with Crippen LogP contribution in [0.3, 0.4) is 0 Å². The maximum Gasteiger partial charge on any atom is 0.326 e. The summed E-state index contributed by atoms with van der Waals surface area (Å²) in [5.74, 6) is -5.31. The van der Waals surface area contributed by atoms with Crippen LogP contribution in [0.5, 0.6) is 0 Å². The number of hydrogen-bond acceptors (Lipinski definition) is 7. The number of nitrogens with two attached hydrogens (primary N) is 1. The highest BCUT2D eigenvalue weighted by atomic mass is 32.1. The summed E-state index contributed by atoms with van der Waals surface area (Å²) in [7, 11) is 0. The fourth-order valence-corrected chi connectivity index (χ4v) is 3.94. The molecule has 1 heterocycles. The zero-order valence-electron chi connectivity index (χ0n) is 20.6. The minimum atomic E-state index is -1.34. The van der Waals surface area contributed by atoms with Gasteiger partial charge in [-0.1, -0.05) is 32.0 Å². The topological polar surface area (TPSA) is 204 Å². The number of carboxylic acids is 2. The van der Waals surface area contributed by atoms with E-state index in [9.17, 15) is 29.1 Å². The van der Waals surface area contributed by atoms with Gasteiger partial charge < -0.3 is 36.9 Å². The lowest BCUT2D eigenvalue weighted by atomic mass is 10.0. The lowest BCUT2D eigenvalue weighted by Gasteiger charge is -2.25. The fourth-order valence-electron chi connectivity index (χ4n) is 3.68. The number of rotatable bonds is 14. The highest BCUT2D eigenvalue weighted by Gasteiger charge is 2.31. The molecule has 3 amide bonds. The van der Waals surface area contributed by atoms with Crippen molar-refractivity contribution < 1.29 is 34.2 Å². The number of carbonyl (C=O) groups excluding carboxylic acids is 3. The van der Waals surface area contributed by atoms with E-state index < -0.39 is 66.2 Å². The smallest absolute Gasteiger partial charge is 0.326 e. The number of hydrogen-bond donors (Lipinski definition) is 8. The van der Waals surface area contributed by atoms with Crippen molar-refractivity contribution in [3.8, 4) is 0 Å². The van der Waals surface area contributed by atoms with Crippen LogP contribution in [0.25, 0.3) is 10.9 Å². The Morgan fingerprint density at radius 1 is 0.973 bits per heavy atom. The Labute approximate surface area is 219 Å². The standard InChI is InChI=1S/C24H33N5O7S/c1-12(2)20(24(35)36)29-22(33)17(7-8-19(30)31)27-23(34)18(11-37)28-21(32)15(25)9-13-10-26-16-6-4-3-5-14(13)16/h3-6,10,12,15,17-18,20,26,37H,7-9,11,25H2,1-2H3,(H,27,34)(H,28,32)(H,29,33)(H,30,31)(H,35,36). The van der Waals surface area contributed by atoms with Gasteiger partial charge in [-0.2, -0.15) is 12.6 Å². The van der Waals surface area contributed by atoms with Crippen LogP contribution in [-0.4, -0.2) is 74.8 Å². The number of H-pyrrole nitrogens is 1. The Hall–Kier alpha value is -3.58. The van der Waals surface area contributed by atoms with Gasteiger partial charge in [0.2, 0.25) is 17.7 Å². The molecule has 0 fully saturated rings. The summed E-state index contributed by atoms with van der Waals surface area (Å²) in [5.41, 5.74) is 7.80.